The molecule has 5 aromatic rings. The molecule has 0 bridgehead atoms. The molecule has 1 aliphatic rings. The highest BCUT2D eigenvalue weighted by molar-refractivity contribution is 5.95. The number of carbonyl (C=O) groups excluding carboxylic acids is 2. The third kappa shape index (κ3) is 7.36. The number of hydrogen-bond donors (Lipinski definition) is 0. The third-order valence-electron chi connectivity index (χ3n) is 8.01. The van der Waals surface area contributed by atoms with Gasteiger partial charge in [-0.2, -0.15) is 0 Å². The molecule has 45 heavy (non-hydrogen) atoms. The van der Waals surface area contributed by atoms with Gasteiger partial charge in [-0.15, -0.1) is 0 Å². The summed E-state index contributed by atoms with van der Waals surface area (Å²) in [6, 6.07) is 27.0. The molecular weight excluding hydrogens is 560 g/mol. The molecule has 1 aliphatic heterocycles. The molecule has 0 N–H and O–H groups in total. The van der Waals surface area contributed by atoms with Gasteiger partial charge < -0.3 is 9.80 Å². The molecule has 224 valence electrons. The zero-order valence-electron chi connectivity index (χ0n) is 25.2. The van der Waals surface area contributed by atoms with Crippen LogP contribution in [-0.4, -0.2) is 54.1 Å². The van der Waals surface area contributed by atoms with Gasteiger partial charge in [-0.25, -0.2) is 19.9 Å². The Labute approximate surface area is 263 Å². The van der Waals surface area contributed by atoms with Crippen LogP contribution in [0.3, 0.4) is 0 Å². The number of carbonyl (C=O) groups is 2. The zero-order chi connectivity index (χ0) is 31.0. The van der Waals surface area contributed by atoms with E-state index in [-0.39, 0.29) is 18.4 Å². The van der Waals surface area contributed by atoms with Crippen molar-refractivity contribution in [1.29, 1.82) is 0 Å². The van der Waals surface area contributed by atoms with Crippen molar-refractivity contribution in [2.24, 2.45) is 0 Å². The lowest BCUT2D eigenvalue weighted by Crippen LogP contribution is -2.52. The first-order chi connectivity index (χ1) is 22.0. The molecule has 3 aromatic carbocycles. The van der Waals surface area contributed by atoms with E-state index in [0.29, 0.717) is 36.7 Å². The molecule has 0 saturated carbocycles. The number of aromatic nitrogens is 4. The van der Waals surface area contributed by atoms with Crippen LogP contribution < -0.4 is 0 Å². The second-order valence-electron chi connectivity index (χ2n) is 11.1. The van der Waals surface area contributed by atoms with E-state index in [1.54, 1.807) is 41.8 Å². The highest BCUT2D eigenvalue weighted by Gasteiger charge is 2.34. The normalized spacial score (nSPS) is 13.3. The lowest BCUT2D eigenvalue weighted by atomic mass is 9.97. The maximum atomic E-state index is 14.5. The van der Waals surface area contributed by atoms with Gasteiger partial charge >= 0.3 is 0 Å². The quantitative estimate of drug-likeness (QED) is 0.210. The maximum absolute atomic E-state index is 14.5. The minimum absolute atomic E-state index is 0.0666. The Morgan fingerprint density at radius 1 is 0.822 bits per heavy atom. The Morgan fingerprint density at radius 3 is 2.24 bits per heavy atom. The summed E-state index contributed by atoms with van der Waals surface area (Å²) >= 11 is 0. The molecule has 8 heteroatoms. The summed E-state index contributed by atoms with van der Waals surface area (Å²) < 4.78 is 0. The molecule has 0 fully saturated rings. The summed E-state index contributed by atoms with van der Waals surface area (Å²) in [6.07, 6.45) is 11.2. The predicted octanol–water partition coefficient (Wildman–Crippen LogP) is 5.48. The molecule has 0 radical (unpaired) electrons. The van der Waals surface area contributed by atoms with Crippen molar-refractivity contribution in [2.45, 2.75) is 38.9 Å². The Hall–Kier alpha value is -5.50. The van der Waals surface area contributed by atoms with Crippen LogP contribution in [-0.2, 0) is 35.5 Å². The van der Waals surface area contributed by atoms with Crippen LogP contribution >= 0.6 is 0 Å². The number of fused-ring (bicyclic) bond motifs is 1. The van der Waals surface area contributed by atoms with Crippen LogP contribution in [0.2, 0.25) is 0 Å². The molecule has 1 atom stereocenters. The number of rotatable bonds is 9. The Morgan fingerprint density at radius 2 is 1.51 bits per heavy atom. The molecule has 2 amide bonds. The van der Waals surface area contributed by atoms with Crippen molar-refractivity contribution in [1.82, 2.24) is 29.7 Å². The minimum atomic E-state index is -0.721. The molecule has 0 aliphatic carbocycles. The van der Waals surface area contributed by atoms with Crippen LogP contribution in [0.5, 0.6) is 0 Å². The van der Waals surface area contributed by atoms with Crippen LogP contribution in [0.15, 0.2) is 116 Å². The van der Waals surface area contributed by atoms with E-state index in [1.165, 1.54) is 11.6 Å². The van der Waals surface area contributed by atoms with Gasteiger partial charge in [0.1, 0.15) is 11.9 Å². The van der Waals surface area contributed by atoms with Gasteiger partial charge in [-0.05, 0) is 47.7 Å². The van der Waals surface area contributed by atoms with Gasteiger partial charge in [0.05, 0.1) is 0 Å². The summed E-state index contributed by atoms with van der Waals surface area (Å²) in [6.45, 7) is 3.18. The van der Waals surface area contributed by atoms with E-state index >= 15 is 0 Å². The van der Waals surface area contributed by atoms with Gasteiger partial charge in [-0.3, -0.25) is 9.59 Å². The average molecular weight is 595 g/mol. The SMILES string of the molecule is Cc1ncc(C=CC(=O)N(Cc2ccc(-c3ncccn3)cc2)[C@@H](Cc2ccccc2)C(=O)N2CCc3ccccc3C2)cn1. The van der Waals surface area contributed by atoms with Crippen LogP contribution in [0.25, 0.3) is 17.5 Å². The second kappa shape index (κ2) is 13.9. The maximum Gasteiger partial charge on any atom is 0.247 e. The fraction of sp³-hybridized carbons (Fsp3) is 0.189. The van der Waals surface area contributed by atoms with E-state index in [2.05, 4.69) is 32.1 Å². The van der Waals surface area contributed by atoms with Crippen molar-refractivity contribution >= 4 is 17.9 Å². The molecule has 0 spiro atoms. The molecule has 2 aromatic heterocycles. The lowest BCUT2D eigenvalue weighted by molar-refractivity contribution is -0.144. The molecule has 0 unspecified atom stereocenters. The fourth-order valence-electron chi connectivity index (χ4n) is 5.56. The molecule has 8 nitrogen and oxygen atoms in total. The van der Waals surface area contributed by atoms with Crippen LogP contribution in [0, 0.1) is 6.92 Å². The number of amides is 2. The van der Waals surface area contributed by atoms with Gasteiger partial charge in [0, 0.05) is 68.0 Å². The first-order valence-corrected chi connectivity index (χ1v) is 15.1. The lowest BCUT2D eigenvalue weighted by Gasteiger charge is -2.37. The smallest absolute Gasteiger partial charge is 0.247 e. The van der Waals surface area contributed by atoms with Gasteiger partial charge in [-0.1, -0.05) is 78.9 Å². The molecule has 0 saturated heterocycles. The standard InChI is InChI=1S/C37H34N6O2/c1-27-40-23-30(24-41-27)14-17-35(44)43(25-29-12-15-32(16-13-29)36-38-19-7-20-39-36)34(22-28-8-3-2-4-9-28)37(45)42-21-18-31-10-5-6-11-33(31)26-42/h2-17,19-20,23-24,34H,18,21-22,25-26H2,1H3/t34-/m0/s1. The van der Waals surface area contributed by atoms with Crippen molar-refractivity contribution in [3.63, 3.8) is 0 Å². The second-order valence-corrected chi connectivity index (χ2v) is 11.1. The van der Waals surface area contributed by atoms with Crippen molar-refractivity contribution < 1.29 is 9.59 Å². The van der Waals surface area contributed by atoms with Crippen LogP contribution in [0.4, 0.5) is 0 Å². The van der Waals surface area contributed by atoms with Gasteiger partial charge in [0.25, 0.3) is 0 Å². The van der Waals surface area contributed by atoms with E-state index in [4.69, 9.17) is 0 Å². The van der Waals surface area contributed by atoms with Crippen molar-refractivity contribution in [3.05, 3.63) is 149 Å². The van der Waals surface area contributed by atoms with Crippen molar-refractivity contribution in [2.75, 3.05) is 6.54 Å². The van der Waals surface area contributed by atoms with Crippen LogP contribution in [0.1, 0.15) is 33.6 Å². The highest BCUT2D eigenvalue weighted by Crippen LogP contribution is 2.24. The number of nitrogens with zero attached hydrogens (tertiary/aromatic N) is 6. The summed E-state index contributed by atoms with van der Waals surface area (Å²) in [5, 5.41) is 0. The first kappa shape index (κ1) is 29.6. The minimum Gasteiger partial charge on any atom is -0.336 e. The monoisotopic (exact) mass is 594 g/mol. The summed E-state index contributed by atoms with van der Waals surface area (Å²) in [5.74, 6) is 0.949. The topological polar surface area (TPSA) is 92.2 Å². The van der Waals surface area contributed by atoms with Gasteiger partial charge in [0.2, 0.25) is 11.8 Å². The van der Waals surface area contributed by atoms with E-state index < -0.39 is 6.04 Å². The molecule has 6 rings (SSSR count). The number of hydrogen-bond acceptors (Lipinski definition) is 6. The Bertz CT molecular complexity index is 1770. The zero-order valence-corrected chi connectivity index (χ0v) is 25.2. The van der Waals surface area contributed by atoms with Gasteiger partial charge in [0.15, 0.2) is 5.82 Å². The third-order valence-corrected chi connectivity index (χ3v) is 8.01. The van der Waals surface area contributed by atoms with Crippen molar-refractivity contribution in [3.8, 4) is 11.4 Å². The predicted molar refractivity (Wildman–Crippen MR) is 173 cm³/mol. The highest BCUT2D eigenvalue weighted by atomic mass is 16.2. The van der Waals surface area contributed by atoms with E-state index in [0.717, 1.165) is 28.7 Å². The summed E-state index contributed by atoms with van der Waals surface area (Å²) in [7, 11) is 0. The average Bonchev–Trinajstić information content (AvgIpc) is 3.10. The summed E-state index contributed by atoms with van der Waals surface area (Å²) in [4.78, 5) is 49.3. The van der Waals surface area contributed by atoms with E-state index in [1.807, 2.05) is 78.6 Å². The number of aryl methyl sites for hydroxylation is 1. The molecular formula is C37H34N6O2. The molecule has 3 heterocycles. The first-order valence-electron chi connectivity index (χ1n) is 15.1. The largest absolute Gasteiger partial charge is 0.336 e. The Kier molecular flexibility index (Phi) is 9.11. The Balaban J connectivity index is 1.34. The number of benzene rings is 3. The fourth-order valence-corrected chi connectivity index (χ4v) is 5.56. The summed E-state index contributed by atoms with van der Waals surface area (Å²) in [5.41, 5.74) is 5.87. The van der Waals surface area contributed by atoms with E-state index in [9.17, 15) is 9.59 Å².